The normalized spacial score (nSPS) is 20.3. The van der Waals surface area contributed by atoms with E-state index in [2.05, 4.69) is 16.7 Å². The van der Waals surface area contributed by atoms with E-state index in [9.17, 15) is 5.11 Å². The van der Waals surface area contributed by atoms with Crippen molar-refractivity contribution in [2.45, 2.75) is 31.2 Å². The maximum atomic E-state index is 9.53. The zero-order valence-electron chi connectivity index (χ0n) is 12.7. The number of aliphatic hydroxyl groups excluding tert-OH is 1. The van der Waals surface area contributed by atoms with Crippen molar-refractivity contribution in [3.05, 3.63) is 35.9 Å². The van der Waals surface area contributed by atoms with Crippen molar-refractivity contribution in [1.82, 2.24) is 4.90 Å². The van der Waals surface area contributed by atoms with Gasteiger partial charge < -0.3 is 14.6 Å². The summed E-state index contributed by atoms with van der Waals surface area (Å²) >= 11 is 0. The molecule has 114 valence electrons. The third-order valence-electron chi connectivity index (χ3n) is 3.85. The molecule has 1 aromatic carbocycles. The average molecular weight is 289 g/mol. The molecule has 0 aliphatic carbocycles. The first-order valence-corrected chi connectivity index (χ1v) is 7.29. The van der Waals surface area contributed by atoms with Gasteiger partial charge >= 0.3 is 0 Å². The molecule has 1 aliphatic rings. The van der Waals surface area contributed by atoms with Crippen molar-refractivity contribution < 1.29 is 14.6 Å². The fraction of sp³-hybridized carbons (Fsp3) is 0.529. The fourth-order valence-corrected chi connectivity index (χ4v) is 2.76. The van der Waals surface area contributed by atoms with Gasteiger partial charge in [0, 0.05) is 25.8 Å². The van der Waals surface area contributed by atoms with Crippen LogP contribution in [0.5, 0.6) is 0 Å². The van der Waals surface area contributed by atoms with Gasteiger partial charge in [-0.3, -0.25) is 4.90 Å². The zero-order valence-corrected chi connectivity index (χ0v) is 12.7. The summed E-state index contributed by atoms with van der Waals surface area (Å²) in [6, 6.07) is 9.81. The molecule has 0 radical (unpaired) electrons. The SMILES string of the molecule is COC(OC)[C@@H](C#Cc1ccccc1)N1CCC[C@H]1CO. The minimum atomic E-state index is -0.423. The van der Waals surface area contributed by atoms with Gasteiger partial charge in [-0.05, 0) is 31.5 Å². The maximum absolute atomic E-state index is 9.53. The predicted molar refractivity (Wildman–Crippen MR) is 81.7 cm³/mol. The second-order valence-electron chi connectivity index (χ2n) is 5.14. The van der Waals surface area contributed by atoms with Gasteiger partial charge in [0.15, 0.2) is 6.29 Å². The fourth-order valence-electron chi connectivity index (χ4n) is 2.76. The van der Waals surface area contributed by atoms with Crippen LogP contribution in [0.25, 0.3) is 0 Å². The van der Waals surface area contributed by atoms with Crippen LogP contribution < -0.4 is 0 Å². The van der Waals surface area contributed by atoms with Crippen LogP contribution in [0.1, 0.15) is 18.4 Å². The second kappa shape index (κ2) is 8.16. The third kappa shape index (κ3) is 4.05. The summed E-state index contributed by atoms with van der Waals surface area (Å²) in [5, 5.41) is 9.53. The molecule has 21 heavy (non-hydrogen) atoms. The van der Waals surface area contributed by atoms with Crippen LogP contribution >= 0.6 is 0 Å². The smallest absolute Gasteiger partial charge is 0.183 e. The van der Waals surface area contributed by atoms with E-state index >= 15 is 0 Å². The molecule has 1 N–H and O–H groups in total. The first-order chi connectivity index (χ1) is 10.3. The highest BCUT2D eigenvalue weighted by atomic mass is 16.7. The molecule has 0 spiro atoms. The largest absolute Gasteiger partial charge is 0.395 e. The summed E-state index contributed by atoms with van der Waals surface area (Å²) in [5.74, 6) is 6.44. The van der Waals surface area contributed by atoms with Crippen LogP contribution in [0.15, 0.2) is 30.3 Å². The number of nitrogens with zero attached hydrogens (tertiary/aromatic N) is 1. The number of methoxy groups -OCH3 is 2. The molecule has 2 atom stereocenters. The Labute approximate surface area is 126 Å². The Balaban J connectivity index is 2.22. The average Bonchev–Trinajstić information content (AvgIpc) is 3.00. The minimum absolute atomic E-state index is 0.132. The van der Waals surface area contributed by atoms with E-state index in [1.54, 1.807) is 14.2 Å². The van der Waals surface area contributed by atoms with Crippen LogP contribution in [0, 0.1) is 11.8 Å². The standard InChI is InChI=1S/C17H23NO3/c1-20-17(21-2)16(18-12-6-9-15(18)13-19)11-10-14-7-4-3-5-8-14/h3-5,7-8,15-17,19H,6,9,12-13H2,1-2H3/t15-,16+/m0/s1. The van der Waals surface area contributed by atoms with E-state index in [1.165, 1.54) is 0 Å². The summed E-state index contributed by atoms with van der Waals surface area (Å²) in [7, 11) is 3.24. The Hall–Kier alpha value is -1.38. The maximum Gasteiger partial charge on any atom is 0.183 e. The number of aliphatic hydroxyl groups is 1. The lowest BCUT2D eigenvalue weighted by atomic mass is 10.1. The van der Waals surface area contributed by atoms with Gasteiger partial charge in [-0.2, -0.15) is 0 Å². The molecular formula is C17H23NO3. The highest BCUT2D eigenvalue weighted by molar-refractivity contribution is 5.35. The van der Waals surface area contributed by atoms with E-state index in [0.717, 1.165) is 24.9 Å². The van der Waals surface area contributed by atoms with Crippen molar-refractivity contribution in [3.63, 3.8) is 0 Å². The number of rotatable bonds is 5. The van der Waals surface area contributed by atoms with Gasteiger partial charge in [0.25, 0.3) is 0 Å². The Morgan fingerprint density at radius 1 is 1.29 bits per heavy atom. The highest BCUT2D eigenvalue weighted by Crippen LogP contribution is 2.22. The molecule has 1 saturated heterocycles. The first-order valence-electron chi connectivity index (χ1n) is 7.29. The quantitative estimate of drug-likeness (QED) is 0.658. The molecule has 1 aliphatic heterocycles. The van der Waals surface area contributed by atoms with Crippen molar-refractivity contribution >= 4 is 0 Å². The van der Waals surface area contributed by atoms with Crippen molar-refractivity contribution in [3.8, 4) is 11.8 Å². The molecule has 1 fully saturated rings. The summed E-state index contributed by atoms with van der Waals surface area (Å²) < 4.78 is 10.8. The lowest BCUT2D eigenvalue weighted by Gasteiger charge is -2.32. The van der Waals surface area contributed by atoms with E-state index in [1.807, 2.05) is 30.3 Å². The second-order valence-corrected chi connectivity index (χ2v) is 5.14. The molecule has 2 rings (SSSR count). The van der Waals surface area contributed by atoms with Gasteiger partial charge in [-0.1, -0.05) is 30.0 Å². The molecule has 1 aromatic rings. The van der Waals surface area contributed by atoms with E-state index in [4.69, 9.17) is 9.47 Å². The Kier molecular flexibility index (Phi) is 6.21. The van der Waals surface area contributed by atoms with E-state index < -0.39 is 6.29 Å². The number of hydrogen-bond acceptors (Lipinski definition) is 4. The summed E-state index contributed by atoms with van der Waals surface area (Å²) in [6.07, 6.45) is 1.63. The number of hydrogen-bond donors (Lipinski definition) is 1. The third-order valence-corrected chi connectivity index (χ3v) is 3.85. The topological polar surface area (TPSA) is 41.9 Å². The lowest BCUT2D eigenvalue weighted by molar-refractivity contribution is -0.136. The van der Waals surface area contributed by atoms with Crippen molar-refractivity contribution in [2.24, 2.45) is 0 Å². The minimum Gasteiger partial charge on any atom is -0.395 e. The predicted octanol–water partition coefficient (Wildman–Crippen LogP) is 1.48. The van der Waals surface area contributed by atoms with Crippen LogP contribution in [-0.4, -0.2) is 55.8 Å². The summed E-state index contributed by atoms with van der Waals surface area (Å²) in [5.41, 5.74) is 0.966. The summed E-state index contributed by atoms with van der Waals surface area (Å²) in [4.78, 5) is 2.19. The zero-order chi connectivity index (χ0) is 15.1. The van der Waals surface area contributed by atoms with Crippen LogP contribution in [-0.2, 0) is 9.47 Å². The Bertz CT molecular complexity index is 476. The highest BCUT2D eigenvalue weighted by Gasteiger charge is 2.34. The Morgan fingerprint density at radius 3 is 2.62 bits per heavy atom. The molecule has 0 amide bonds. The van der Waals surface area contributed by atoms with Crippen LogP contribution in [0.3, 0.4) is 0 Å². The molecule has 0 bridgehead atoms. The molecule has 4 nitrogen and oxygen atoms in total. The lowest BCUT2D eigenvalue weighted by Crippen LogP contribution is -2.48. The van der Waals surface area contributed by atoms with Gasteiger partial charge in [-0.25, -0.2) is 0 Å². The summed E-state index contributed by atoms with van der Waals surface area (Å²) in [6.45, 7) is 1.05. The van der Waals surface area contributed by atoms with Gasteiger partial charge in [-0.15, -0.1) is 0 Å². The molecule has 0 unspecified atom stereocenters. The Morgan fingerprint density at radius 2 is 2.00 bits per heavy atom. The van der Waals surface area contributed by atoms with Crippen molar-refractivity contribution in [2.75, 3.05) is 27.4 Å². The van der Waals surface area contributed by atoms with Gasteiger partial charge in [0.2, 0.25) is 0 Å². The van der Waals surface area contributed by atoms with Gasteiger partial charge in [0.05, 0.1) is 6.61 Å². The van der Waals surface area contributed by atoms with Crippen LogP contribution in [0.4, 0.5) is 0 Å². The molecule has 4 heteroatoms. The number of likely N-dealkylation sites (tertiary alicyclic amines) is 1. The molecule has 0 saturated carbocycles. The number of ether oxygens (including phenoxy) is 2. The van der Waals surface area contributed by atoms with Crippen molar-refractivity contribution in [1.29, 1.82) is 0 Å². The molecule has 1 heterocycles. The molecule has 0 aromatic heterocycles. The van der Waals surface area contributed by atoms with Gasteiger partial charge in [0.1, 0.15) is 6.04 Å². The van der Waals surface area contributed by atoms with E-state index in [-0.39, 0.29) is 18.7 Å². The monoisotopic (exact) mass is 289 g/mol. The first kappa shape index (κ1) is 16.0. The number of benzene rings is 1. The molecular weight excluding hydrogens is 266 g/mol. The van der Waals surface area contributed by atoms with Crippen LogP contribution in [0.2, 0.25) is 0 Å². The van der Waals surface area contributed by atoms with E-state index in [0.29, 0.717) is 0 Å².